The lowest BCUT2D eigenvalue weighted by Crippen LogP contribution is -2.42. The monoisotopic (exact) mass is 305 g/mol. The highest BCUT2D eigenvalue weighted by molar-refractivity contribution is 6.09. The maximum absolute atomic E-state index is 12.1. The first kappa shape index (κ1) is 16.0. The fraction of sp³-hybridized carbons (Fsp3) is 0.400. The van der Waals surface area contributed by atoms with Crippen LogP contribution < -0.4 is 16.0 Å². The van der Waals surface area contributed by atoms with Gasteiger partial charge in [-0.2, -0.15) is 0 Å². The summed E-state index contributed by atoms with van der Waals surface area (Å²) in [5, 5.41) is 8.03. The van der Waals surface area contributed by atoms with Gasteiger partial charge in [0.1, 0.15) is 6.04 Å². The van der Waals surface area contributed by atoms with Gasteiger partial charge in [0.25, 0.3) is 5.91 Å². The Morgan fingerprint density at radius 1 is 1.32 bits per heavy atom. The minimum absolute atomic E-state index is 0.151. The zero-order valence-electron chi connectivity index (χ0n) is 12.3. The molecule has 1 aliphatic heterocycles. The van der Waals surface area contributed by atoms with Gasteiger partial charge in [-0.15, -0.1) is 0 Å². The SMILES string of the molecule is COCCNC(=O)CCC1NC(=O)c2ccccc2NC1=O. The van der Waals surface area contributed by atoms with Crippen LogP contribution in [-0.4, -0.2) is 44.0 Å². The summed E-state index contributed by atoms with van der Waals surface area (Å²) in [5.41, 5.74) is 0.903. The van der Waals surface area contributed by atoms with Gasteiger partial charge in [-0.3, -0.25) is 14.4 Å². The Hall–Kier alpha value is -2.41. The number of hydrogen-bond donors (Lipinski definition) is 3. The van der Waals surface area contributed by atoms with Crippen LogP contribution in [0.25, 0.3) is 0 Å². The van der Waals surface area contributed by atoms with Crippen LogP contribution >= 0.6 is 0 Å². The lowest BCUT2D eigenvalue weighted by Gasteiger charge is -2.14. The standard InChI is InChI=1S/C15H19N3O4/c1-22-9-8-16-13(19)7-6-12-15(21)17-11-5-3-2-4-10(11)14(20)18-12/h2-5,12H,6-9H2,1H3,(H,16,19)(H,17,21)(H,18,20). The van der Waals surface area contributed by atoms with E-state index in [9.17, 15) is 14.4 Å². The summed E-state index contributed by atoms with van der Waals surface area (Å²) in [6.07, 6.45) is 0.392. The van der Waals surface area contributed by atoms with Crippen LogP contribution in [-0.2, 0) is 14.3 Å². The van der Waals surface area contributed by atoms with E-state index in [0.29, 0.717) is 24.4 Å². The molecule has 0 spiro atoms. The van der Waals surface area contributed by atoms with Crippen molar-refractivity contribution in [3.05, 3.63) is 29.8 Å². The van der Waals surface area contributed by atoms with Crippen molar-refractivity contribution < 1.29 is 19.1 Å². The van der Waals surface area contributed by atoms with Crippen LogP contribution in [0.5, 0.6) is 0 Å². The molecular formula is C15H19N3O4. The Morgan fingerprint density at radius 2 is 2.09 bits per heavy atom. The third-order valence-electron chi connectivity index (χ3n) is 3.34. The van der Waals surface area contributed by atoms with Gasteiger partial charge in [0.05, 0.1) is 17.9 Å². The zero-order valence-corrected chi connectivity index (χ0v) is 12.3. The molecule has 2 rings (SSSR count). The van der Waals surface area contributed by atoms with Crippen LogP contribution in [0.2, 0.25) is 0 Å². The summed E-state index contributed by atoms with van der Waals surface area (Å²) in [7, 11) is 1.55. The van der Waals surface area contributed by atoms with Crippen LogP contribution in [0, 0.1) is 0 Å². The van der Waals surface area contributed by atoms with E-state index in [0.717, 1.165) is 0 Å². The number of rotatable bonds is 6. The third-order valence-corrected chi connectivity index (χ3v) is 3.34. The van der Waals surface area contributed by atoms with E-state index in [-0.39, 0.29) is 30.6 Å². The molecule has 0 bridgehead atoms. The highest BCUT2D eigenvalue weighted by Crippen LogP contribution is 2.19. The first-order valence-corrected chi connectivity index (χ1v) is 7.08. The molecule has 1 aromatic rings. The van der Waals surface area contributed by atoms with Crippen molar-refractivity contribution in [2.45, 2.75) is 18.9 Å². The molecule has 1 aromatic carbocycles. The van der Waals surface area contributed by atoms with Gasteiger partial charge < -0.3 is 20.7 Å². The van der Waals surface area contributed by atoms with Gasteiger partial charge in [0.2, 0.25) is 11.8 Å². The van der Waals surface area contributed by atoms with E-state index in [4.69, 9.17) is 4.74 Å². The fourth-order valence-corrected chi connectivity index (χ4v) is 2.17. The second-order valence-electron chi connectivity index (χ2n) is 4.94. The van der Waals surface area contributed by atoms with Crippen molar-refractivity contribution in [1.82, 2.24) is 10.6 Å². The van der Waals surface area contributed by atoms with Crippen molar-refractivity contribution in [2.24, 2.45) is 0 Å². The number of benzene rings is 1. The van der Waals surface area contributed by atoms with Gasteiger partial charge >= 0.3 is 0 Å². The number of methoxy groups -OCH3 is 1. The maximum atomic E-state index is 12.1. The number of para-hydroxylation sites is 1. The molecule has 1 unspecified atom stereocenters. The molecule has 22 heavy (non-hydrogen) atoms. The lowest BCUT2D eigenvalue weighted by molar-refractivity contribution is -0.122. The van der Waals surface area contributed by atoms with E-state index in [2.05, 4.69) is 16.0 Å². The second kappa shape index (κ2) is 7.56. The smallest absolute Gasteiger partial charge is 0.254 e. The molecule has 0 fully saturated rings. The summed E-state index contributed by atoms with van der Waals surface area (Å²) < 4.78 is 4.83. The first-order valence-electron chi connectivity index (χ1n) is 7.08. The molecule has 1 aliphatic rings. The molecule has 118 valence electrons. The minimum atomic E-state index is -0.729. The normalized spacial score (nSPS) is 17.0. The van der Waals surface area contributed by atoms with E-state index < -0.39 is 6.04 Å². The molecule has 3 N–H and O–H groups in total. The Labute approximate surface area is 128 Å². The number of fused-ring (bicyclic) bond motifs is 1. The quantitative estimate of drug-likeness (QED) is 0.658. The van der Waals surface area contributed by atoms with Crippen molar-refractivity contribution in [3.63, 3.8) is 0 Å². The Bertz CT molecular complexity index is 574. The van der Waals surface area contributed by atoms with Gasteiger partial charge in [0, 0.05) is 20.1 Å². The summed E-state index contributed by atoms with van der Waals surface area (Å²) in [5.74, 6) is -0.817. The average Bonchev–Trinajstić information content (AvgIpc) is 2.63. The Morgan fingerprint density at radius 3 is 2.86 bits per heavy atom. The highest BCUT2D eigenvalue weighted by atomic mass is 16.5. The van der Waals surface area contributed by atoms with Crippen molar-refractivity contribution in [3.8, 4) is 0 Å². The predicted octanol–water partition coefficient (Wildman–Crippen LogP) is 0.280. The van der Waals surface area contributed by atoms with E-state index >= 15 is 0 Å². The Kier molecular flexibility index (Phi) is 5.48. The van der Waals surface area contributed by atoms with Gasteiger partial charge in [-0.05, 0) is 18.6 Å². The number of anilines is 1. The summed E-state index contributed by atoms with van der Waals surface area (Å²) in [6.45, 7) is 0.853. The second-order valence-corrected chi connectivity index (χ2v) is 4.94. The average molecular weight is 305 g/mol. The van der Waals surface area contributed by atoms with Crippen LogP contribution in [0.1, 0.15) is 23.2 Å². The molecule has 0 aromatic heterocycles. The zero-order chi connectivity index (χ0) is 15.9. The minimum Gasteiger partial charge on any atom is -0.383 e. The highest BCUT2D eigenvalue weighted by Gasteiger charge is 2.27. The molecule has 0 radical (unpaired) electrons. The molecule has 3 amide bonds. The lowest BCUT2D eigenvalue weighted by atomic mass is 10.1. The molecule has 1 atom stereocenters. The van der Waals surface area contributed by atoms with Crippen LogP contribution in [0.15, 0.2) is 24.3 Å². The van der Waals surface area contributed by atoms with E-state index in [1.807, 2.05) is 0 Å². The topological polar surface area (TPSA) is 96.5 Å². The van der Waals surface area contributed by atoms with E-state index in [1.54, 1.807) is 31.4 Å². The Balaban J connectivity index is 1.92. The number of nitrogens with one attached hydrogen (secondary N) is 3. The summed E-state index contributed by atoms with van der Waals surface area (Å²) in [6, 6.07) is 6.06. The van der Waals surface area contributed by atoms with Crippen molar-refractivity contribution >= 4 is 23.4 Å². The van der Waals surface area contributed by atoms with Crippen molar-refractivity contribution in [2.75, 3.05) is 25.6 Å². The maximum Gasteiger partial charge on any atom is 0.254 e. The molecule has 0 saturated carbocycles. The van der Waals surface area contributed by atoms with Crippen molar-refractivity contribution in [1.29, 1.82) is 0 Å². The summed E-state index contributed by atoms with van der Waals surface area (Å²) in [4.78, 5) is 35.9. The number of amides is 3. The van der Waals surface area contributed by atoms with E-state index in [1.165, 1.54) is 0 Å². The first-order chi connectivity index (χ1) is 10.6. The molecular weight excluding hydrogens is 286 g/mol. The molecule has 0 aliphatic carbocycles. The molecule has 7 nitrogen and oxygen atoms in total. The van der Waals surface area contributed by atoms with Crippen LogP contribution in [0.4, 0.5) is 5.69 Å². The molecule has 1 heterocycles. The molecule has 7 heteroatoms. The molecule has 0 saturated heterocycles. The summed E-state index contributed by atoms with van der Waals surface area (Å²) >= 11 is 0. The van der Waals surface area contributed by atoms with Crippen LogP contribution in [0.3, 0.4) is 0 Å². The van der Waals surface area contributed by atoms with Gasteiger partial charge in [-0.1, -0.05) is 12.1 Å². The fourth-order valence-electron chi connectivity index (χ4n) is 2.17. The number of hydrogen-bond acceptors (Lipinski definition) is 4. The number of carbonyl (C=O) groups is 3. The third kappa shape index (κ3) is 4.05. The largest absolute Gasteiger partial charge is 0.383 e. The van der Waals surface area contributed by atoms with Gasteiger partial charge in [-0.25, -0.2) is 0 Å². The number of ether oxygens (including phenoxy) is 1. The van der Waals surface area contributed by atoms with Gasteiger partial charge in [0.15, 0.2) is 0 Å². The number of carbonyl (C=O) groups excluding carboxylic acids is 3. The predicted molar refractivity (Wildman–Crippen MR) is 80.4 cm³/mol.